The van der Waals surface area contributed by atoms with E-state index in [1.165, 1.54) is 6.07 Å². The number of fused-ring (bicyclic) bond motifs is 1. The molecular formula is C31H27N3O4S. The summed E-state index contributed by atoms with van der Waals surface area (Å²) < 4.78 is 11.7. The van der Waals surface area contributed by atoms with Gasteiger partial charge >= 0.3 is 0 Å². The molecule has 0 atom stereocenters. The van der Waals surface area contributed by atoms with Crippen molar-refractivity contribution in [3.63, 3.8) is 0 Å². The van der Waals surface area contributed by atoms with Crippen LogP contribution in [0.15, 0.2) is 95.4 Å². The number of aromatic nitrogens is 1. The molecule has 1 heterocycles. The van der Waals surface area contributed by atoms with Crippen molar-refractivity contribution < 1.29 is 19.1 Å². The molecule has 196 valence electrons. The van der Waals surface area contributed by atoms with Crippen molar-refractivity contribution in [1.82, 2.24) is 10.3 Å². The number of phenolic OH excluding ortho intramolecular Hbond substituents is 1. The number of anilines is 1. The minimum absolute atomic E-state index is 0.0125. The zero-order valence-corrected chi connectivity index (χ0v) is 22.3. The molecule has 0 aliphatic rings. The number of hydrogen-bond donors (Lipinski definition) is 3. The first-order valence-corrected chi connectivity index (χ1v) is 12.9. The van der Waals surface area contributed by atoms with Crippen molar-refractivity contribution >= 4 is 40.0 Å². The average molecular weight is 538 g/mol. The number of rotatable bonds is 7. The third-order valence-electron chi connectivity index (χ3n) is 6.13. The van der Waals surface area contributed by atoms with Gasteiger partial charge in [-0.05, 0) is 77.8 Å². The monoisotopic (exact) mass is 537 g/mol. The number of hydrogen-bond acceptors (Lipinski definition) is 6. The van der Waals surface area contributed by atoms with Crippen molar-refractivity contribution in [2.24, 2.45) is 0 Å². The number of phenols is 1. The van der Waals surface area contributed by atoms with Crippen molar-refractivity contribution in [2.75, 3.05) is 5.32 Å². The van der Waals surface area contributed by atoms with Crippen LogP contribution in [0.1, 0.15) is 41.3 Å². The summed E-state index contributed by atoms with van der Waals surface area (Å²) in [5.74, 6) is 0.854. The quantitative estimate of drug-likeness (QED) is 0.151. The molecule has 0 saturated carbocycles. The second kappa shape index (κ2) is 11.4. The number of ether oxygens (including phenoxy) is 1. The second-order valence-electron chi connectivity index (χ2n) is 9.34. The van der Waals surface area contributed by atoms with E-state index >= 15 is 0 Å². The summed E-state index contributed by atoms with van der Waals surface area (Å²) in [6, 6.07) is 27.4. The van der Waals surface area contributed by atoms with Gasteiger partial charge in [0, 0.05) is 11.3 Å². The van der Waals surface area contributed by atoms with E-state index in [-0.39, 0.29) is 22.7 Å². The van der Waals surface area contributed by atoms with E-state index in [2.05, 4.69) is 29.5 Å². The van der Waals surface area contributed by atoms with Crippen LogP contribution in [0.3, 0.4) is 0 Å². The standard InChI is InChI=1S/C31H27N3O4S/c1-19(2)21-11-14-28-26(16-21)33-30(38-28)25-17-23(12-13-27(25)35)32-31(39)34-29(36)22-9-6-10-24(15-22)37-18-20-7-4-3-5-8-20/h3-17,19,35H,18H2,1-2H3,(H2,32,34,36,39). The molecule has 0 radical (unpaired) electrons. The molecule has 1 amide bonds. The first kappa shape index (κ1) is 25.9. The molecule has 0 spiro atoms. The molecule has 0 bridgehead atoms. The largest absolute Gasteiger partial charge is 0.507 e. The molecule has 7 nitrogen and oxygen atoms in total. The number of carbonyl (C=O) groups is 1. The van der Waals surface area contributed by atoms with Crippen LogP contribution in [-0.2, 0) is 6.61 Å². The molecule has 0 unspecified atom stereocenters. The number of nitrogens with zero attached hydrogens (tertiary/aromatic N) is 1. The maximum Gasteiger partial charge on any atom is 0.257 e. The summed E-state index contributed by atoms with van der Waals surface area (Å²) in [4.78, 5) is 17.4. The first-order chi connectivity index (χ1) is 18.9. The van der Waals surface area contributed by atoms with E-state index in [9.17, 15) is 9.90 Å². The lowest BCUT2D eigenvalue weighted by Gasteiger charge is -2.12. The van der Waals surface area contributed by atoms with Crippen molar-refractivity contribution in [3.05, 3.63) is 108 Å². The predicted molar refractivity (Wildman–Crippen MR) is 156 cm³/mol. The van der Waals surface area contributed by atoms with Crippen LogP contribution in [0.25, 0.3) is 22.6 Å². The number of carbonyl (C=O) groups excluding carboxylic acids is 1. The molecule has 0 aliphatic carbocycles. The van der Waals surface area contributed by atoms with Crippen LogP contribution in [0, 0.1) is 0 Å². The molecule has 1 aromatic heterocycles. The Labute approximate surface area is 231 Å². The molecule has 8 heteroatoms. The maximum absolute atomic E-state index is 12.8. The summed E-state index contributed by atoms with van der Waals surface area (Å²) in [5, 5.41) is 16.3. The summed E-state index contributed by atoms with van der Waals surface area (Å²) in [6.45, 7) is 4.62. The highest BCUT2D eigenvalue weighted by Gasteiger charge is 2.15. The number of aromatic hydroxyl groups is 1. The fraction of sp³-hybridized carbons (Fsp3) is 0.129. The van der Waals surface area contributed by atoms with E-state index in [4.69, 9.17) is 21.4 Å². The zero-order valence-electron chi connectivity index (χ0n) is 21.5. The fourth-order valence-electron chi connectivity index (χ4n) is 4.01. The lowest BCUT2D eigenvalue weighted by Crippen LogP contribution is -2.34. The second-order valence-corrected chi connectivity index (χ2v) is 9.75. The first-order valence-electron chi connectivity index (χ1n) is 12.5. The van der Waals surface area contributed by atoms with E-state index in [1.54, 1.807) is 36.4 Å². The Bertz CT molecular complexity index is 1650. The number of benzene rings is 4. The van der Waals surface area contributed by atoms with Crippen LogP contribution >= 0.6 is 12.2 Å². The highest BCUT2D eigenvalue weighted by molar-refractivity contribution is 7.80. The van der Waals surface area contributed by atoms with E-state index < -0.39 is 0 Å². The van der Waals surface area contributed by atoms with Gasteiger partial charge in [0.1, 0.15) is 23.6 Å². The van der Waals surface area contributed by atoms with Gasteiger partial charge in [-0.15, -0.1) is 0 Å². The Morgan fingerprint density at radius 1 is 1.00 bits per heavy atom. The van der Waals surface area contributed by atoms with Gasteiger partial charge < -0.3 is 19.6 Å². The van der Waals surface area contributed by atoms with E-state index in [0.29, 0.717) is 46.2 Å². The Hall–Kier alpha value is -4.69. The van der Waals surface area contributed by atoms with Gasteiger partial charge in [0.15, 0.2) is 10.7 Å². The number of thiocarbonyl (C=S) groups is 1. The highest BCUT2D eigenvalue weighted by atomic mass is 32.1. The van der Waals surface area contributed by atoms with Crippen LogP contribution < -0.4 is 15.4 Å². The molecular weight excluding hydrogens is 510 g/mol. The Balaban J connectivity index is 1.25. The molecule has 0 aliphatic heterocycles. The maximum atomic E-state index is 12.8. The topological polar surface area (TPSA) is 96.6 Å². The fourth-order valence-corrected chi connectivity index (χ4v) is 4.22. The molecule has 5 aromatic rings. The molecule has 0 fully saturated rings. The van der Waals surface area contributed by atoms with E-state index in [0.717, 1.165) is 11.1 Å². The summed E-state index contributed by atoms with van der Waals surface area (Å²) in [7, 11) is 0. The van der Waals surface area contributed by atoms with Gasteiger partial charge in [-0.3, -0.25) is 10.1 Å². The van der Waals surface area contributed by atoms with Crippen LogP contribution in [0.2, 0.25) is 0 Å². The SMILES string of the molecule is CC(C)c1ccc2oc(-c3cc(NC(=S)NC(=O)c4cccc(OCc5ccccc5)c4)ccc3O)nc2c1. The van der Waals surface area contributed by atoms with Crippen molar-refractivity contribution in [1.29, 1.82) is 0 Å². The Morgan fingerprint density at radius 2 is 1.82 bits per heavy atom. The van der Waals surface area contributed by atoms with Crippen molar-refractivity contribution in [3.8, 4) is 23.0 Å². The summed E-state index contributed by atoms with van der Waals surface area (Å²) in [5.41, 5.74) is 4.89. The lowest BCUT2D eigenvalue weighted by molar-refractivity contribution is 0.0977. The lowest BCUT2D eigenvalue weighted by atomic mass is 10.0. The number of amides is 1. The Kier molecular flexibility index (Phi) is 7.56. The number of nitrogens with one attached hydrogen (secondary N) is 2. The van der Waals surface area contributed by atoms with Gasteiger partial charge in [0.25, 0.3) is 5.91 Å². The average Bonchev–Trinajstić information content (AvgIpc) is 3.37. The van der Waals surface area contributed by atoms with Crippen LogP contribution in [0.4, 0.5) is 5.69 Å². The van der Waals surface area contributed by atoms with Gasteiger partial charge in [0.2, 0.25) is 5.89 Å². The molecule has 0 saturated heterocycles. The summed E-state index contributed by atoms with van der Waals surface area (Å²) >= 11 is 5.37. The predicted octanol–water partition coefficient (Wildman–Crippen LogP) is 7.03. The van der Waals surface area contributed by atoms with Gasteiger partial charge in [-0.2, -0.15) is 0 Å². The highest BCUT2D eigenvalue weighted by Crippen LogP contribution is 2.34. The molecule has 5 rings (SSSR count). The van der Waals surface area contributed by atoms with Gasteiger partial charge in [0.05, 0.1) is 5.56 Å². The van der Waals surface area contributed by atoms with E-state index in [1.807, 2.05) is 48.5 Å². The normalized spacial score (nSPS) is 10.9. The van der Waals surface area contributed by atoms with Gasteiger partial charge in [-0.25, -0.2) is 4.98 Å². The smallest absolute Gasteiger partial charge is 0.257 e. The minimum Gasteiger partial charge on any atom is -0.507 e. The summed E-state index contributed by atoms with van der Waals surface area (Å²) in [6.07, 6.45) is 0. The van der Waals surface area contributed by atoms with Gasteiger partial charge in [-0.1, -0.05) is 56.3 Å². The van der Waals surface area contributed by atoms with Crippen molar-refractivity contribution in [2.45, 2.75) is 26.4 Å². The van der Waals surface area contributed by atoms with Crippen LogP contribution in [-0.4, -0.2) is 21.1 Å². The van der Waals surface area contributed by atoms with Crippen LogP contribution in [0.5, 0.6) is 11.5 Å². The number of oxazole rings is 1. The molecule has 4 aromatic carbocycles. The zero-order chi connectivity index (χ0) is 27.4. The Morgan fingerprint density at radius 3 is 2.62 bits per heavy atom. The minimum atomic E-state index is -0.378. The molecule has 3 N–H and O–H groups in total. The third kappa shape index (κ3) is 6.25. The third-order valence-corrected chi connectivity index (χ3v) is 6.34. The molecule has 39 heavy (non-hydrogen) atoms.